The molecule has 0 rings (SSSR count). The third-order valence-corrected chi connectivity index (χ3v) is 2.48. The third-order valence-electron chi connectivity index (χ3n) is 2.48. The largest absolute Gasteiger partial charge is 0.385 e. The van der Waals surface area contributed by atoms with Crippen molar-refractivity contribution in [3.63, 3.8) is 0 Å². The molecule has 3 heteroatoms. The summed E-state index contributed by atoms with van der Waals surface area (Å²) in [5.41, 5.74) is 0. The number of Topliss-reactive ketones (excluding diaryl/α,β-unsaturated/α-hetero) is 1. The molecule has 90 valence electrons. The zero-order valence-corrected chi connectivity index (χ0v) is 10.4. The minimum atomic E-state index is -0.216. The third kappa shape index (κ3) is 5.90. The molecule has 0 fully saturated rings. The van der Waals surface area contributed by atoms with Gasteiger partial charge in [0.15, 0.2) is 5.78 Å². The molecule has 0 saturated heterocycles. The summed E-state index contributed by atoms with van der Waals surface area (Å²) < 4.78 is 10.4. The Hall–Kier alpha value is -0.410. The van der Waals surface area contributed by atoms with Crippen molar-refractivity contribution in [2.75, 3.05) is 20.3 Å². The second kappa shape index (κ2) is 8.86. The summed E-state index contributed by atoms with van der Waals surface area (Å²) >= 11 is 0. The summed E-state index contributed by atoms with van der Waals surface area (Å²) in [6.07, 6.45) is 2.37. The molecule has 3 nitrogen and oxygen atoms in total. The van der Waals surface area contributed by atoms with E-state index in [1.807, 2.05) is 13.8 Å². The molecule has 15 heavy (non-hydrogen) atoms. The lowest BCUT2D eigenvalue weighted by molar-refractivity contribution is -0.134. The average molecular weight is 216 g/mol. The zero-order chi connectivity index (χ0) is 11.7. The second-order valence-corrected chi connectivity index (χ2v) is 3.82. The molecule has 0 aliphatic carbocycles. The van der Waals surface area contributed by atoms with Crippen molar-refractivity contribution >= 4 is 5.78 Å². The van der Waals surface area contributed by atoms with Crippen LogP contribution in [0, 0.1) is 5.92 Å². The van der Waals surface area contributed by atoms with E-state index in [0.717, 1.165) is 19.3 Å². The first-order valence-corrected chi connectivity index (χ1v) is 5.81. The first-order valence-electron chi connectivity index (χ1n) is 5.81. The maximum absolute atomic E-state index is 11.9. The molecule has 0 aromatic carbocycles. The van der Waals surface area contributed by atoms with Gasteiger partial charge in [0, 0.05) is 26.2 Å². The van der Waals surface area contributed by atoms with E-state index in [0.29, 0.717) is 13.2 Å². The first kappa shape index (κ1) is 14.6. The van der Waals surface area contributed by atoms with E-state index in [1.54, 1.807) is 7.11 Å². The van der Waals surface area contributed by atoms with Crippen LogP contribution in [0.1, 0.15) is 40.0 Å². The number of ether oxygens (including phenoxy) is 2. The van der Waals surface area contributed by atoms with Gasteiger partial charge in [0.05, 0.1) is 0 Å². The highest BCUT2D eigenvalue weighted by Gasteiger charge is 2.22. The van der Waals surface area contributed by atoms with Gasteiger partial charge in [-0.25, -0.2) is 0 Å². The van der Waals surface area contributed by atoms with Crippen LogP contribution in [0.5, 0.6) is 0 Å². The van der Waals surface area contributed by atoms with Crippen molar-refractivity contribution < 1.29 is 14.3 Å². The molecule has 2 unspecified atom stereocenters. The van der Waals surface area contributed by atoms with E-state index in [-0.39, 0.29) is 17.8 Å². The Balaban J connectivity index is 4.08. The molecule has 0 bridgehead atoms. The number of ketones is 1. The Bertz CT molecular complexity index is 162. The Morgan fingerprint density at radius 1 is 1.27 bits per heavy atom. The summed E-state index contributed by atoms with van der Waals surface area (Å²) in [5, 5.41) is 0. The molecule has 0 aliphatic rings. The molecule has 0 heterocycles. The summed E-state index contributed by atoms with van der Waals surface area (Å²) in [6.45, 7) is 7.18. The fraction of sp³-hybridized carbons (Fsp3) is 0.917. The summed E-state index contributed by atoms with van der Waals surface area (Å²) in [4.78, 5) is 11.9. The van der Waals surface area contributed by atoms with E-state index in [9.17, 15) is 4.79 Å². The van der Waals surface area contributed by atoms with Gasteiger partial charge in [-0.2, -0.15) is 0 Å². The Labute approximate surface area is 93.1 Å². The Morgan fingerprint density at radius 3 is 2.40 bits per heavy atom. The highest BCUT2D eigenvalue weighted by molar-refractivity contribution is 5.85. The number of carbonyl (C=O) groups excluding carboxylic acids is 1. The lowest BCUT2D eigenvalue weighted by Crippen LogP contribution is -2.30. The van der Waals surface area contributed by atoms with Crippen LogP contribution in [0.3, 0.4) is 0 Å². The highest BCUT2D eigenvalue weighted by atomic mass is 16.5. The van der Waals surface area contributed by atoms with E-state index in [4.69, 9.17) is 9.47 Å². The quantitative estimate of drug-likeness (QED) is 0.594. The molecule has 0 saturated carbocycles. The van der Waals surface area contributed by atoms with Crippen LogP contribution in [0.4, 0.5) is 0 Å². The fourth-order valence-corrected chi connectivity index (χ4v) is 1.53. The van der Waals surface area contributed by atoms with Crippen molar-refractivity contribution in [3.8, 4) is 0 Å². The maximum Gasteiger partial charge on any atom is 0.164 e. The average Bonchev–Trinajstić information content (AvgIpc) is 2.24. The molecule has 0 amide bonds. The number of rotatable bonds is 9. The summed E-state index contributed by atoms with van der Waals surface area (Å²) in [7, 11) is 1.66. The van der Waals surface area contributed by atoms with Crippen molar-refractivity contribution in [2.24, 2.45) is 5.92 Å². The smallest absolute Gasteiger partial charge is 0.164 e. The van der Waals surface area contributed by atoms with Crippen LogP contribution in [-0.4, -0.2) is 32.2 Å². The number of hydrogen-bond acceptors (Lipinski definition) is 3. The van der Waals surface area contributed by atoms with E-state index in [1.165, 1.54) is 0 Å². The fourth-order valence-electron chi connectivity index (χ4n) is 1.53. The van der Waals surface area contributed by atoms with Crippen LogP contribution in [0.15, 0.2) is 0 Å². The molecular formula is C12H24O3. The van der Waals surface area contributed by atoms with Crippen LogP contribution in [0.25, 0.3) is 0 Å². The summed E-state index contributed by atoms with van der Waals surface area (Å²) in [5.74, 6) is 0.254. The number of hydrogen-bond donors (Lipinski definition) is 0. The standard InChI is InChI=1S/C12H24O3/c1-5-7-11(15-6-2)12(13)10(3)8-9-14-4/h10-11H,5-9H2,1-4H3. The van der Waals surface area contributed by atoms with E-state index in [2.05, 4.69) is 6.92 Å². The van der Waals surface area contributed by atoms with E-state index < -0.39 is 0 Å². The Morgan fingerprint density at radius 2 is 1.93 bits per heavy atom. The minimum Gasteiger partial charge on any atom is -0.385 e. The van der Waals surface area contributed by atoms with Gasteiger partial charge in [-0.15, -0.1) is 0 Å². The maximum atomic E-state index is 11.9. The topological polar surface area (TPSA) is 35.5 Å². The van der Waals surface area contributed by atoms with Gasteiger partial charge in [0.2, 0.25) is 0 Å². The van der Waals surface area contributed by atoms with Crippen LogP contribution in [-0.2, 0) is 14.3 Å². The second-order valence-electron chi connectivity index (χ2n) is 3.82. The van der Waals surface area contributed by atoms with Crippen LogP contribution >= 0.6 is 0 Å². The van der Waals surface area contributed by atoms with Gasteiger partial charge >= 0.3 is 0 Å². The lowest BCUT2D eigenvalue weighted by atomic mass is 9.96. The molecule has 0 radical (unpaired) electrons. The van der Waals surface area contributed by atoms with Crippen LogP contribution < -0.4 is 0 Å². The normalized spacial score (nSPS) is 14.9. The van der Waals surface area contributed by atoms with Crippen LogP contribution in [0.2, 0.25) is 0 Å². The number of methoxy groups -OCH3 is 1. The highest BCUT2D eigenvalue weighted by Crippen LogP contribution is 2.13. The van der Waals surface area contributed by atoms with Gasteiger partial charge in [0.25, 0.3) is 0 Å². The van der Waals surface area contributed by atoms with Gasteiger partial charge in [-0.3, -0.25) is 4.79 Å². The van der Waals surface area contributed by atoms with Gasteiger partial charge in [-0.05, 0) is 19.8 Å². The zero-order valence-electron chi connectivity index (χ0n) is 10.4. The molecular weight excluding hydrogens is 192 g/mol. The molecule has 0 aliphatic heterocycles. The SMILES string of the molecule is CCCC(OCC)C(=O)C(C)CCOC. The predicted molar refractivity (Wildman–Crippen MR) is 61.0 cm³/mol. The lowest BCUT2D eigenvalue weighted by Gasteiger charge is -2.19. The first-order chi connectivity index (χ1) is 7.17. The molecule has 0 N–H and O–H groups in total. The van der Waals surface area contributed by atoms with Gasteiger partial charge in [-0.1, -0.05) is 20.3 Å². The van der Waals surface area contributed by atoms with Crippen molar-refractivity contribution in [1.29, 1.82) is 0 Å². The van der Waals surface area contributed by atoms with Crippen molar-refractivity contribution in [2.45, 2.75) is 46.1 Å². The minimum absolute atomic E-state index is 0.0352. The molecule has 0 spiro atoms. The van der Waals surface area contributed by atoms with Crippen molar-refractivity contribution in [1.82, 2.24) is 0 Å². The van der Waals surface area contributed by atoms with Gasteiger partial charge < -0.3 is 9.47 Å². The summed E-state index contributed by atoms with van der Waals surface area (Å²) in [6, 6.07) is 0. The van der Waals surface area contributed by atoms with E-state index >= 15 is 0 Å². The molecule has 2 atom stereocenters. The van der Waals surface area contributed by atoms with Crippen molar-refractivity contribution in [3.05, 3.63) is 0 Å². The van der Waals surface area contributed by atoms with Gasteiger partial charge in [0.1, 0.15) is 6.10 Å². The number of carbonyl (C=O) groups is 1. The molecule has 0 aromatic heterocycles. The molecule has 0 aromatic rings. The predicted octanol–water partition coefficient (Wildman–Crippen LogP) is 2.43. The monoisotopic (exact) mass is 216 g/mol. The Kier molecular flexibility index (Phi) is 8.62.